The highest BCUT2D eigenvalue weighted by Crippen LogP contribution is 2.28. The summed E-state index contributed by atoms with van der Waals surface area (Å²) in [6, 6.07) is 6.89. The number of halogens is 4. The van der Waals surface area contributed by atoms with Crippen molar-refractivity contribution in [1.82, 2.24) is 15.5 Å². The molecule has 3 aromatic rings. The predicted molar refractivity (Wildman–Crippen MR) is 104 cm³/mol. The third-order valence-electron chi connectivity index (χ3n) is 4.14. The van der Waals surface area contributed by atoms with Crippen LogP contribution in [0.3, 0.4) is 0 Å². The number of amides is 2. The third kappa shape index (κ3) is 4.72. The van der Waals surface area contributed by atoms with Gasteiger partial charge in [-0.2, -0.15) is 5.10 Å². The van der Waals surface area contributed by atoms with Crippen LogP contribution in [-0.2, 0) is 4.79 Å². The van der Waals surface area contributed by atoms with Crippen LogP contribution >= 0.6 is 23.2 Å². The Morgan fingerprint density at radius 3 is 2.55 bits per heavy atom. The van der Waals surface area contributed by atoms with E-state index in [9.17, 15) is 18.4 Å². The standard InChI is InChI=1S/C19H14Cl2F2N4O2/c20-10-2-3-11(15(23)6-10)18-12(8-25-27-18)19(29)26-16(7-17(24)28)9-1-4-14(22)13(21)5-9/h1-6,8,16H,7H2,(H2,24,28)(H,25,27)(H,26,29)/t16-/m0/s1. The molecule has 2 aromatic carbocycles. The van der Waals surface area contributed by atoms with Crippen LogP contribution < -0.4 is 11.1 Å². The number of carbonyl (C=O) groups is 2. The minimum absolute atomic E-state index is 0.0360. The Morgan fingerprint density at radius 1 is 1.14 bits per heavy atom. The molecule has 0 saturated carbocycles. The minimum atomic E-state index is -0.879. The molecular weight excluding hydrogens is 425 g/mol. The molecule has 29 heavy (non-hydrogen) atoms. The molecule has 10 heteroatoms. The number of H-pyrrole nitrogens is 1. The number of nitrogens with two attached hydrogens (primary N) is 1. The maximum atomic E-state index is 14.3. The SMILES string of the molecule is NC(=O)C[C@H](NC(=O)c1cn[nH]c1-c1ccc(Cl)cc1F)c1ccc(F)c(Cl)c1. The molecule has 150 valence electrons. The molecule has 1 aromatic heterocycles. The fourth-order valence-corrected chi connectivity index (χ4v) is 3.12. The topological polar surface area (TPSA) is 101 Å². The Morgan fingerprint density at radius 2 is 1.90 bits per heavy atom. The van der Waals surface area contributed by atoms with Crippen LogP contribution in [0.15, 0.2) is 42.6 Å². The molecule has 0 aliphatic carbocycles. The van der Waals surface area contributed by atoms with E-state index in [4.69, 9.17) is 28.9 Å². The molecule has 0 unspecified atom stereocenters. The Balaban J connectivity index is 1.92. The number of hydrogen-bond donors (Lipinski definition) is 3. The lowest BCUT2D eigenvalue weighted by molar-refractivity contribution is -0.118. The van der Waals surface area contributed by atoms with Crippen LogP contribution in [0.5, 0.6) is 0 Å². The highest BCUT2D eigenvalue weighted by Gasteiger charge is 2.23. The van der Waals surface area contributed by atoms with E-state index in [-0.39, 0.29) is 33.3 Å². The Bertz CT molecular complexity index is 1090. The Labute approximate surface area is 174 Å². The number of carbonyl (C=O) groups excluding carboxylic acids is 2. The summed E-state index contributed by atoms with van der Waals surface area (Å²) in [5, 5.41) is 9.04. The van der Waals surface area contributed by atoms with Gasteiger partial charge in [0.15, 0.2) is 0 Å². The van der Waals surface area contributed by atoms with Gasteiger partial charge in [0.05, 0.1) is 34.9 Å². The summed E-state index contributed by atoms with van der Waals surface area (Å²) in [7, 11) is 0. The number of benzene rings is 2. The van der Waals surface area contributed by atoms with Gasteiger partial charge in [-0.3, -0.25) is 14.7 Å². The lowest BCUT2D eigenvalue weighted by atomic mass is 10.0. The molecule has 6 nitrogen and oxygen atoms in total. The van der Waals surface area contributed by atoms with Crippen molar-refractivity contribution in [2.75, 3.05) is 0 Å². The van der Waals surface area contributed by atoms with Crippen LogP contribution in [0.25, 0.3) is 11.3 Å². The molecular formula is C19H14Cl2F2N4O2. The van der Waals surface area contributed by atoms with E-state index in [0.29, 0.717) is 5.56 Å². The molecule has 1 atom stereocenters. The van der Waals surface area contributed by atoms with Gasteiger partial charge in [-0.1, -0.05) is 29.3 Å². The van der Waals surface area contributed by atoms with Crippen molar-refractivity contribution in [3.63, 3.8) is 0 Å². The summed E-state index contributed by atoms with van der Waals surface area (Å²) in [6.45, 7) is 0. The van der Waals surface area contributed by atoms with Crippen molar-refractivity contribution in [1.29, 1.82) is 0 Å². The Kier molecular flexibility index (Phi) is 6.14. The first kappa shape index (κ1) is 20.8. The maximum absolute atomic E-state index is 14.3. The van der Waals surface area contributed by atoms with Crippen LogP contribution in [0.4, 0.5) is 8.78 Å². The van der Waals surface area contributed by atoms with E-state index in [1.54, 1.807) is 0 Å². The van der Waals surface area contributed by atoms with Crippen molar-refractivity contribution in [2.24, 2.45) is 5.73 Å². The van der Waals surface area contributed by atoms with Gasteiger partial charge in [0.25, 0.3) is 5.91 Å². The second-order valence-electron chi connectivity index (χ2n) is 6.15. The average Bonchev–Trinajstić information content (AvgIpc) is 3.12. The first-order valence-corrected chi connectivity index (χ1v) is 9.04. The van der Waals surface area contributed by atoms with Gasteiger partial charge in [0.1, 0.15) is 11.6 Å². The van der Waals surface area contributed by atoms with Crippen LogP contribution in [-0.4, -0.2) is 22.0 Å². The first-order chi connectivity index (χ1) is 13.8. The zero-order chi connectivity index (χ0) is 21.1. The molecule has 0 aliphatic heterocycles. The predicted octanol–water partition coefficient (Wildman–Crippen LogP) is 4.01. The smallest absolute Gasteiger partial charge is 0.255 e. The molecule has 0 aliphatic rings. The number of hydrogen-bond acceptors (Lipinski definition) is 3. The van der Waals surface area contributed by atoms with Gasteiger partial charge >= 0.3 is 0 Å². The monoisotopic (exact) mass is 438 g/mol. The second-order valence-corrected chi connectivity index (χ2v) is 7.00. The fourth-order valence-electron chi connectivity index (χ4n) is 2.77. The number of nitrogens with zero attached hydrogens (tertiary/aromatic N) is 1. The second kappa shape index (κ2) is 8.59. The molecule has 2 amide bonds. The van der Waals surface area contributed by atoms with E-state index >= 15 is 0 Å². The van der Waals surface area contributed by atoms with Crippen LogP contribution in [0, 0.1) is 11.6 Å². The van der Waals surface area contributed by atoms with Crippen molar-refractivity contribution >= 4 is 35.0 Å². The molecule has 0 radical (unpaired) electrons. The van der Waals surface area contributed by atoms with Gasteiger partial charge in [-0.05, 0) is 35.9 Å². The number of aromatic nitrogens is 2. The summed E-state index contributed by atoms with van der Waals surface area (Å²) >= 11 is 11.6. The highest BCUT2D eigenvalue weighted by molar-refractivity contribution is 6.31. The summed E-state index contributed by atoms with van der Waals surface area (Å²) in [5.41, 5.74) is 5.91. The minimum Gasteiger partial charge on any atom is -0.370 e. The summed E-state index contributed by atoms with van der Waals surface area (Å²) in [4.78, 5) is 24.3. The first-order valence-electron chi connectivity index (χ1n) is 8.29. The summed E-state index contributed by atoms with van der Waals surface area (Å²) in [6.07, 6.45) is 0.966. The number of aromatic amines is 1. The van der Waals surface area contributed by atoms with Gasteiger partial charge in [0.2, 0.25) is 5.91 Å². The van der Waals surface area contributed by atoms with Crippen molar-refractivity contribution in [2.45, 2.75) is 12.5 Å². The van der Waals surface area contributed by atoms with Crippen LogP contribution in [0.2, 0.25) is 10.0 Å². The van der Waals surface area contributed by atoms with Crippen LogP contribution in [0.1, 0.15) is 28.4 Å². The largest absolute Gasteiger partial charge is 0.370 e. The summed E-state index contributed by atoms with van der Waals surface area (Å²) in [5.74, 6) is -2.62. The Hall–Kier alpha value is -2.97. The van der Waals surface area contributed by atoms with Crippen molar-refractivity contribution < 1.29 is 18.4 Å². The number of rotatable bonds is 6. The third-order valence-corrected chi connectivity index (χ3v) is 4.67. The van der Waals surface area contributed by atoms with Crippen molar-refractivity contribution in [3.05, 3.63) is 75.4 Å². The van der Waals surface area contributed by atoms with E-state index in [1.807, 2.05) is 0 Å². The molecule has 3 rings (SSSR count). The molecule has 4 N–H and O–H groups in total. The zero-order valence-corrected chi connectivity index (χ0v) is 16.2. The van der Waals surface area contributed by atoms with Gasteiger partial charge in [0, 0.05) is 10.6 Å². The quantitative estimate of drug-likeness (QED) is 0.541. The van der Waals surface area contributed by atoms with Gasteiger partial charge in [-0.25, -0.2) is 8.78 Å². The van der Waals surface area contributed by atoms with Gasteiger partial charge in [-0.15, -0.1) is 0 Å². The molecule has 1 heterocycles. The maximum Gasteiger partial charge on any atom is 0.255 e. The summed E-state index contributed by atoms with van der Waals surface area (Å²) < 4.78 is 27.7. The van der Waals surface area contributed by atoms with E-state index in [2.05, 4.69) is 15.5 Å². The molecule has 0 spiro atoms. The molecule has 0 fully saturated rings. The molecule has 0 bridgehead atoms. The lowest BCUT2D eigenvalue weighted by Crippen LogP contribution is -2.32. The van der Waals surface area contributed by atoms with E-state index < -0.39 is 29.5 Å². The van der Waals surface area contributed by atoms with Crippen molar-refractivity contribution in [3.8, 4) is 11.3 Å². The number of primary amides is 1. The van der Waals surface area contributed by atoms with E-state index in [1.165, 1.54) is 30.5 Å². The number of nitrogens with one attached hydrogen (secondary N) is 2. The van der Waals surface area contributed by atoms with E-state index in [0.717, 1.165) is 12.1 Å². The molecule has 0 saturated heterocycles. The zero-order valence-electron chi connectivity index (χ0n) is 14.7. The van der Waals surface area contributed by atoms with Gasteiger partial charge < -0.3 is 11.1 Å². The normalized spacial score (nSPS) is 11.9. The average molecular weight is 439 g/mol. The lowest BCUT2D eigenvalue weighted by Gasteiger charge is -2.18. The highest BCUT2D eigenvalue weighted by atomic mass is 35.5. The fraction of sp³-hybridized carbons (Fsp3) is 0.105.